The summed E-state index contributed by atoms with van der Waals surface area (Å²) in [7, 11) is 1.41. The number of methoxy groups -OCH3 is 1. The molecule has 1 aromatic carbocycles. The van der Waals surface area contributed by atoms with Crippen molar-refractivity contribution in [3.05, 3.63) is 18.2 Å². The van der Waals surface area contributed by atoms with Crippen molar-refractivity contribution in [3.8, 4) is 5.75 Å². The smallest absolute Gasteiger partial charge is 0.446 e. The number of hydrogen-bond acceptors (Lipinski definition) is 3. The van der Waals surface area contributed by atoms with E-state index in [4.69, 9.17) is 10.5 Å². The molecule has 1 aromatic rings. The maximum atomic E-state index is 11.9. The highest BCUT2D eigenvalue weighted by molar-refractivity contribution is 8.00. The molecule has 6 heteroatoms. The molecule has 0 aliphatic rings. The van der Waals surface area contributed by atoms with E-state index in [-0.39, 0.29) is 22.3 Å². The first-order valence-electron chi connectivity index (χ1n) is 3.61. The van der Waals surface area contributed by atoms with Crippen LogP contribution < -0.4 is 10.5 Å². The lowest BCUT2D eigenvalue weighted by atomic mass is 10.3. The van der Waals surface area contributed by atoms with Crippen LogP contribution in [0.4, 0.5) is 18.9 Å². The van der Waals surface area contributed by atoms with Crippen LogP contribution >= 0.6 is 11.8 Å². The van der Waals surface area contributed by atoms with Crippen LogP contribution in [0.2, 0.25) is 0 Å². The second-order valence-corrected chi connectivity index (χ2v) is 3.59. The summed E-state index contributed by atoms with van der Waals surface area (Å²) in [5.74, 6) is 0.372. The molecule has 0 spiro atoms. The molecule has 0 bridgehead atoms. The van der Waals surface area contributed by atoms with Crippen molar-refractivity contribution in [2.24, 2.45) is 0 Å². The lowest BCUT2D eigenvalue weighted by Gasteiger charge is -2.08. The van der Waals surface area contributed by atoms with Gasteiger partial charge in [0, 0.05) is 4.90 Å². The maximum Gasteiger partial charge on any atom is 0.446 e. The van der Waals surface area contributed by atoms with E-state index in [1.165, 1.54) is 25.3 Å². The van der Waals surface area contributed by atoms with Crippen LogP contribution in [0.25, 0.3) is 0 Å². The van der Waals surface area contributed by atoms with Gasteiger partial charge in [0.05, 0.1) is 12.8 Å². The topological polar surface area (TPSA) is 35.2 Å². The predicted molar refractivity (Wildman–Crippen MR) is 49.3 cm³/mol. The SMILES string of the molecule is COc1ccc(SC(F)(F)F)cc1N. The Balaban J connectivity index is 2.87. The van der Waals surface area contributed by atoms with E-state index in [2.05, 4.69) is 0 Å². The zero-order valence-electron chi connectivity index (χ0n) is 7.26. The minimum atomic E-state index is -4.29. The number of nitrogen functional groups attached to an aromatic ring is 1. The molecule has 0 atom stereocenters. The fourth-order valence-electron chi connectivity index (χ4n) is 0.910. The molecule has 0 saturated carbocycles. The predicted octanol–water partition coefficient (Wildman–Crippen LogP) is 2.89. The Morgan fingerprint density at radius 3 is 2.43 bits per heavy atom. The van der Waals surface area contributed by atoms with Gasteiger partial charge in [-0.15, -0.1) is 0 Å². The number of alkyl halides is 3. The van der Waals surface area contributed by atoms with Crippen molar-refractivity contribution in [3.63, 3.8) is 0 Å². The van der Waals surface area contributed by atoms with Gasteiger partial charge in [-0.2, -0.15) is 13.2 Å². The number of halogens is 3. The van der Waals surface area contributed by atoms with Crippen LogP contribution in [0.3, 0.4) is 0 Å². The number of ether oxygens (including phenoxy) is 1. The molecule has 0 unspecified atom stereocenters. The summed E-state index contributed by atoms with van der Waals surface area (Å²) in [5, 5.41) is 0. The van der Waals surface area contributed by atoms with E-state index >= 15 is 0 Å². The standard InChI is InChI=1S/C8H8F3NOS/c1-13-7-3-2-5(4-6(7)12)14-8(9,10)11/h2-4H,12H2,1H3. The Labute approximate surface area is 83.2 Å². The third-order valence-corrected chi connectivity index (χ3v) is 2.16. The van der Waals surface area contributed by atoms with E-state index in [1.807, 2.05) is 0 Å². The van der Waals surface area contributed by atoms with E-state index in [9.17, 15) is 13.2 Å². The van der Waals surface area contributed by atoms with Gasteiger partial charge in [-0.05, 0) is 30.0 Å². The molecule has 14 heavy (non-hydrogen) atoms. The van der Waals surface area contributed by atoms with Crippen molar-refractivity contribution in [2.75, 3.05) is 12.8 Å². The number of benzene rings is 1. The molecule has 78 valence electrons. The van der Waals surface area contributed by atoms with Crippen LogP contribution in [0.1, 0.15) is 0 Å². The molecular formula is C8H8F3NOS. The van der Waals surface area contributed by atoms with Crippen LogP contribution in [0.15, 0.2) is 23.1 Å². The summed E-state index contributed by atoms with van der Waals surface area (Å²) < 4.78 is 40.7. The first-order chi connectivity index (χ1) is 6.42. The van der Waals surface area contributed by atoms with Crippen molar-refractivity contribution in [1.82, 2.24) is 0 Å². The Morgan fingerprint density at radius 2 is 2.00 bits per heavy atom. The highest BCUT2D eigenvalue weighted by Crippen LogP contribution is 2.38. The van der Waals surface area contributed by atoms with E-state index in [1.54, 1.807) is 0 Å². The Hall–Kier alpha value is -1.04. The second-order valence-electron chi connectivity index (χ2n) is 2.45. The van der Waals surface area contributed by atoms with Gasteiger partial charge in [-0.3, -0.25) is 0 Å². The van der Waals surface area contributed by atoms with Gasteiger partial charge < -0.3 is 10.5 Å². The highest BCUT2D eigenvalue weighted by atomic mass is 32.2. The first kappa shape index (κ1) is 11.0. The third-order valence-electron chi connectivity index (χ3n) is 1.43. The van der Waals surface area contributed by atoms with Crippen LogP contribution in [-0.4, -0.2) is 12.6 Å². The van der Waals surface area contributed by atoms with E-state index < -0.39 is 5.51 Å². The summed E-state index contributed by atoms with van der Waals surface area (Å²) in [5.41, 5.74) is 1.35. The van der Waals surface area contributed by atoms with Crippen LogP contribution in [0, 0.1) is 0 Å². The zero-order chi connectivity index (χ0) is 10.8. The number of hydrogen-bond donors (Lipinski definition) is 1. The summed E-state index contributed by atoms with van der Waals surface area (Å²) >= 11 is -0.201. The van der Waals surface area contributed by atoms with Gasteiger partial charge in [0.1, 0.15) is 5.75 Å². The molecule has 2 N–H and O–H groups in total. The average Bonchev–Trinajstić information content (AvgIpc) is 2.01. The number of rotatable bonds is 2. The van der Waals surface area contributed by atoms with Gasteiger partial charge in [-0.25, -0.2) is 0 Å². The fourth-order valence-corrected chi connectivity index (χ4v) is 1.50. The minimum absolute atomic E-state index is 0.0517. The first-order valence-corrected chi connectivity index (χ1v) is 4.43. The molecule has 0 aromatic heterocycles. The van der Waals surface area contributed by atoms with E-state index in [0.29, 0.717) is 5.75 Å². The van der Waals surface area contributed by atoms with Gasteiger partial charge >= 0.3 is 5.51 Å². The van der Waals surface area contributed by atoms with Crippen molar-refractivity contribution < 1.29 is 17.9 Å². The van der Waals surface area contributed by atoms with Gasteiger partial charge in [0.2, 0.25) is 0 Å². The molecule has 0 saturated heterocycles. The normalized spacial score (nSPS) is 11.4. The largest absolute Gasteiger partial charge is 0.495 e. The Bertz CT molecular complexity index is 327. The monoisotopic (exact) mass is 223 g/mol. The maximum absolute atomic E-state index is 11.9. The number of thioether (sulfide) groups is 1. The molecule has 2 nitrogen and oxygen atoms in total. The minimum Gasteiger partial charge on any atom is -0.495 e. The third kappa shape index (κ3) is 3.02. The molecule has 0 aliphatic heterocycles. The molecule has 0 amide bonds. The Morgan fingerprint density at radius 1 is 1.36 bits per heavy atom. The van der Waals surface area contributed by atoms with Crippen LogP contribution in [0.5, 0.6) is 5.75 Å². The lowest BCUT2D eigenvalue weighted by molar-refractivity contribution is -0.0328. The van der Waals surface area contributed by atoms with E-state index in [0.717, 1.165) is 0 Å². The van der Waals surface area contributed by atoms with Gasteiger partial charge in [-0.1, -0.05) is 0 Å². The average molecular weight is 223 g/mol. The van der Waals surface area contributed by atoms with Gasteiger partial charge in [0.25, 0.3) is 0 Å². The molecular weight excluding hydrogens is 215 g/mol. The van der Waals surface area contributed by atoms with Crippen LogP contribution in [-0.2, 0) is 0 Å². The number of nitrogens with two attached hydrogens (primary N) is 1. The summed E-state index contributed by atoms with van der Waals surface area (Å²) in [6.07, 6.45) is 0. The number of anilines is 1. The summed E-state index contributed by atoms with van der Waals surface area (Å²) in [6, 6.07) is 3.95. The molecule has 0 heterocycles. The van der Waals surface area contributed by atoms with Crippen molar-refractivity contribution in [2.45, 2.75) is 10.4 Å². The second kappa shape index (κ2) is 4.00. The lowest BCUT2D eigenvalue weighted by Crippen LogP contribution is -2.00. The molecule has 0 radical (unpaired) electrons. The van der Waals surface area contributed by atoms with Crippen molar-refractivity contribution >= 4 is 17.4 Å². The summed E-state index contributed by atoms with van der Waals surface area (Å²) in [6.45, 7) is 0. The Kier molecular flexibility index (Phi) is 3.15. The quantitative estimate of drug-likeness (QED) is 0.618. The molecule has 0 fully saturated rings. The summed E-state index contributed by atoms with van der Waals surface area (Å²) in [4.78, 5) is 0.0517. The fraction of sp³-hybridized carbons (Fsp3) is 0.250. The zero-order valence-corrected chi connectivity index (χ0v) is 8.08. The molecule has 1 rings (SSSR count). The van der Waals surface area contributed by atoms with Crippen molar-refractivity contribution in [1.29, 1.82) is 0 Å². The highest BCUT2D eigenvalue weighted by Gasteiger charge is 2.29. The van der Waals surface area contributed by atoms with Gasteiger partial charge in [0.15, 0.2) is 0 Å². The molecule has 0 aliphatic carbocycles.